The minimum Gasteiger partial charge on any atom is -0.497 e. The van der Waals surface area contributed by atoms with E-state index >= 15 is 0 Å². The van der Waals surface area contributed by atoms with E-state index in [4.69, 9.17) is 9.47 Å². The van der Waals surface area contributed by atoms with Crippen molar-refractivity contribution in [3.8, 4) is 11.5 Å². The van der Waals surface area contributed by atoms with Crippen molar-refractivity contribution in [2.45, 2.75) is 37.8 Å². The number of methoxy groups -OCH3 is 2. The largest absolute Gasteiger partial charge is 0.497 e. The SMILES string of the molecule is CCNC(=O)C(CC)N(Cc1ccc(OC)cc1)C(=O)CN(c1ccccc1)S(=O)(=O)c1ccc(OC)cc1. The van der Waals surface area contributed by atoms with Crippen LogP contribution in [-0.2, 0) is 26.2 Å². The molecular formula is C29H35N3O6S. The van der Waals surface area contributed by atoms with Crippen LogP contribution in [0.4, 0.5) is 5.69 Å². The molecule has 9 nitrogen and oxygen atoms in total. The number of anilines is 1. The van der Waals surface area contributed by atoms with Crippen LogP contribution in [0.15, 0.2) is 83.8 Å². The second-order valence-electron chi connectivity index (χ2n) is 8.71. The Kier molecular flexibility index (Phi) is 10.3. The Balaban J connectivity index is 2.02. The second-order valence-corrected chi connectivity index (χ2v) is 10.6. The van der Waals surface area contributed by atoms with Gasteiger partial charge in [-0.15, -0.1) is 0 Å². The van der Waals surface area contributed by atoms with Crippen molar-refractivity contribution in [3.63, 3.8) is 0 Å². The molecule has 3 aromatic carbocycles. The zero-order valence-electron chi connectivity index (χ0n) is 22.7. The summed E-state index contributed by atoms with van der Waals surface area (Å²) in [7, 11) is -1.08. The molecule has 0 aliphatic carbocycles. The van der Waals surface area contributed by atoms with E-state index in [0.29, 0.717) is 30.2 Å². The van der Waals surface area contributed by atoms with Gasteiger partial charge in [-0.2, -0.15) is 0 Å². The van der Waals surface area contributed by atoms with E-state index in [9.17, 15) is 18.0 Å². The summed E-state index contributed by atoms with van der Waals surface area (Å²) in [6, 6.07) is 20.8. The van der Waals surface area contributed by atoms with Crippen LogP contribution in [0.1, 0.15) is 25.8 Å². The molecule has 39 heavy (non-hydrogen) atoms. The molecular weight excluding hydrogens is 518 g/mol. The maximum atomic E-state index is 13.9. The summed E-state index contributed by atoms with van der Waals surface area (Å²) in [6.07, 6.45) is 0.351. The summed E-state index contributed by atoms with van der Waals surface area (Å²) in [5.41, 5.74) is 1.10. The molecule has 208 valence electrons. The highest BCUT2D eigenvalue weighted by Gasteiger charge is 2.33. The fourth-order valence-electron chi connectivity index (χ4n) is 4.14. The molecule has 0 bridgehead atoms. The Morgan fingerprint density at radius 2 is 1.41 bits per heavy atom. The standard InChI is InChI=1S/C29H35N3O6S/c1-5-27(29(34)30-6-2)31(20-22-12-14-24(37-3)15-13-22)28(33)21-32(23-10-8-7-9-11-23)39(35,36)26-18-16-25(38-4)17-19-26/h7-19,27H,5-6,20-21H2,1-4H3,(H,30,34). The first-order valence-electron chi connectivity index (χ1n) is 12.7. The monoisotopic (exact) mass is 553 g/mol. The third-order valence-electron chi connectivity index (χ3n) is 6.22. The Morgan fingerprint density at radius 3 is 1.92 bits per heavy atom. The average molecular weight is 554 g/mol. The Bertz CT molecular complexity index is 1330. The lowest BCUT2D eigenvalue weighted by Crippen LogP contribution is -2.52. The fourth-order valence-corrected chi connectivity index (χ4v) is 5.55. The van der Waals surface area contributed by atoms with E-state index in [1.165, 1.54) is 24.1 Å². The van der Waals surface area contributed by atoms with Gasteiger partial charge in [0.15, 0.2) is 0 Å². The summed E-state index contributed by atoms with van der Waals surface area (Å²) in [4.78, 5) is 28.4. The van der Waals surface area contributed by atoms with E-state index in [-0.39, 0.29) is 17.3 Å². The van der Waals surface area contributed by atoms with Crippen LogP contribution >= 0.6 is 0 Å². The number of para-hydroxylation sites is 1. The van der Waals surface area contributed by atoms with Gasteiger partial charge in [-0.3, -0.25) is 13.9 Å². The molecule has 0 saturated carbocycles. The first-order chi connectivity index (χ1) is 18.7. The summed E-state index contributed by atoms with van der Waals surface area (Å²) < 4.78 is 39.1. The molecule has 3 rings (SSSR count). The Labute approximate surface area is 230 Å². The van der Waals surface area contributed by atoms with Gasteiger partial charge in [0.25, 0.3) is 10.0 Å². The van der Waals surface area contributed by atoms with Crippen molar-refractivity contribution in [2.24, 2.45) is 0 Å². The van der Waals surface area contributed by atoms with E-state index < -0.39 is 28.5 Å². The predicted molar refractivity (Wildman–Crippen MR) is 150 cm³/mol. The van der Waals surface area contributed by atoms with Gasteiger partial charge in [-0.1, -0.05) is 37.3 Å². The van der Waals surface area contributed by atoms with Gasteiger partial charge in [0.05, 0.1) is 24.8 Å². The average Bonchev–Trinajstić information content (AvgIpc) is 2.96. The fraction of sp³-hybridized carbons (Fsp3) is 0.310. The summed E-state index contributed by atoms with van der Waals surface area (Å²) >= 11 is 0. The summed E-state index contributed by atoms with van der Waals surface area (Å²) in [6.45, 7) is 3.64. The number of nitrogens with zero attached hydrogens (tertiary/aromatic N) is 2. The molecule has 1 unspecified atom stereocenters. The van der Waals surface area contributed by atoms with Crippen molar-refractivity contribution in [2.75, 3.05) is 31.6 Å². The third kappa shape index (κ3) is 7.29. The first kappa shape index (κ1) is 29.5. The molecule has 0 aromatic heterocycles. The zero-order chi connectivity index (χ0) is 28.4. The number of rotatable bonds is 13. The van der Waals surface area contributed by atoms with Crippen LogP contribution < -0.4 is 19.1 Å². The van der Waals surface area contributed by atoms with E-state index in [2.05, 4.69) is 5.32 Å². The van der Waals surface area contributed by atoms with Crippen LogP contribution in [-0.4, -0.2) is 58.5 Å². The van der Waals surface area contributed by atoms with E-state index in [1.54, 1.807) is 68.6 Å². The molecule has 0 radical (unpaired) electrons. The van der Waals surface area contributed by atoms with Crippen molar-refractivity contribution < 1.29 is 27.5 Å². The lowest BCUT2D eigenvalue weighted by atomic mass is 10.1. The molecule has 2 amide bonds. The molecule has 0 fully saturated rings. The molecule has 1 atom stereocenters. The van der Waals surface area contributed by atoms with Crippen molar-refractivity contribution >= 4 is 27.5 Å². The number of ether oxygens (including phenoxy) is 2. The maximum Gasteiger partial charge on any atom is 0.264 e. The smallest absolute Gasteiger partial charge is 0.264 e. The van der Waals surface area contributed by atoms with Gasteiger partial charge in [0.2, 0.25) is 11.8 Å². The lowest BCUT2D eigenvalue weighted by molar-refractivity contribution is -0.140. The van der Waals surface area contributed by atoms with Gasteiger partial charge in [0.1, 0.15) is 24.1 Å². The van der Waals surface area contributed by atoms with Crippen LogP contribution in [0.5, 0.6) is 11.5 Å². The highest BCUT2D eigenvalue weighted by molar-refractivity contribution is 7.92. The molecule has 0 aliphatic heterocycles. The van der Waals surface area contributed by atoms with Gasteiger partial charge in [-0.25, -0.2) is 8.42 Å². The van der Waals surface area contributed by atoms with Gasteiger partial charge in [0, 0.05) is 13.1 Å². The number of hydrogen-bond donors (Lipinski definition) is 1. The number of carbonyl (C=O) groups excluding carboxylic acids is 2. The van der Waals surface area contributed by atoms with Crippen LogP contribution in [0.25, 0.3) is 0 Å². The third-order valence-corrected chi connectivity index (χ3v) is 8.01. The normalized spacial score (nSPS) is 11.8. The predicted octanol–water partition coefficient (Wildman–Crippen LogP) is 3.84. The van der Waals surface area contributed by atoms with Crippen molar-refractivity contribution in [3.05, 3.63) is 84.4 Å². The van der Waals surface area contributed by atoms with Crippen LogP contribution in [0.3, 0.4) is 0 Å². The molecule has 10 heteroatoms. The summed E-state index contributed by atoms with van der Waals surface area (Å²) in [5.74, 6) is 0.360. The van der Waals surface area contributed by atoms with Gasteiger partial charge in [-0.05, 0) is 67.4 Å². The Morgan fingerprint density at radius 1 is 0.846 bits per heavy atom. The van der Waals surface area contributed by atoms with E-state index in [1.807, 2.05) is 19.1 Å². The molecule has 0 heterocycles. The quantitative estimate of drug-likeness (QED) is 0.345. The van der Waals surface area contributed by atoms with Crippen LogP contribution in [0, 0.1) is 0 Å². The number of hydrogen-bond acceptors (Lipinski definition) is 6. The first-order valence-corrected chi connectivity index (χ1v) is 14.1. The number of benzene rings is 3. The zero-order valence-corrected chi connectivity index (χ0v) is 23.5. The molecule has 0 aliphatic rings. The topological polar surface area (TPSA) is 105 Å². The Hall–Kier alpha value is -4.05. The lowest BCUT2D eigenvalue weighted by Gasteiger charge is -2.33. The van der Waals surface area contributed by atoms with Gasteiger partial charge < -0.3 is 19.7 Å². The highest BCUT2D eigenvalue weighted by atomic mass is 32.2. The van der Waals surface area contributed by atoms with Gasteiger partial charge >= 0.3 is 0 Å². The van der Waals surface area contributed by atoms with Crippen molar-refractivity contribution in [1.82, 2.24) is 10.2 Å². The second kappa shape index (κ2) is 13.7. The minimum atomic E-state index is -4.14. The number of carbonyl (C=O) groups is 2. The molecule has 0 spiro atoms. The van der Waals surface area contributed by atoms with Crippen molar-refractivity contribution in [1.29, 1.82) is 0 Å². The highest BCUT2D eigenvalue weighted by Crippen LogP contribution is 2.26. The number of likely N-dealkylation sites (N-methyl/N-ethyl adjacent to an activating group) is 1. The van der Waals surface area contributed by atoms with Crippen LogP contribution in [0.2, 0.25) is 0 Å². The maximum absolute atomic E-state index is 13.9. The summed E-state index contributed by atoms with van der Waals surface area (Å²) in [5, 5.41) is 2.79. The number of nitrogens with one attached hydrogen (secondary N) is 1. The number of sulfonamides is 1. The minimum absolute atomic E-state index is 0.0115. The number of amides is 2. The molecule has 3 aromatic rings. The molecule has 0 saturated heterocycles. The molecule has 1 N–H and O–H groups in total. The van der Waals surface area contributed by atoms with E-state index in [0.717, 1.165) is 9.87 Å².